The Bertz CT molecular complexity index is 982. The number of likely N-dealkylation sites (tertiary alicyclic amines) is 1. The zero-order valence-corrected chi connectivity index (χ0v) is 16.0. The average molecular weight is 370 g/mol. The van der Waals surface area contributed by atoms with Crippen LogP contribution in [-0.2, 0) is 13.1 Å². The van der Waals surface area contributed by atoms with Gasteiger partial charge in [0.25, 0.3) is 5.56 Å². The Kier molecular flexibility index (Phi) is 4.46. The summed E-state index contributed by atoms with van der Waals surface area (Å²) in [5, 5.41) is 10.1. The third kappa shape index (κ3) is 3.47. The topological polar surface area (TPSA) is 68.8 Å². The molecule has 8 heteroatoms. The lowest BCUT2D eigenvalue weighted by atomic mass is 10.0. The Morgan fingerprint density at radius 2 is 2.00 bits per heavy atom. The van der Waals surface area contributed by atoms with Crippen molar-refractivity contribution in [1.82, 2.24) is 29.4 Å². The van der Waals surface area contributed by atoms with E-state index in [0.717, 1.165) is 36.0 Å². The first kappa shape index (κ1) is 17.1. The first-order valence-electron chi connectivity index (χ1n) is 8.73. The van der Waals surface area contributed by atoms with Crippen molar-refractivity contribution in [2.75, 3.05) is 13.1 Å². The highest BCUT2D eigenvalue weighted by atomic mass is 32.1. The van der Waals surface area contributed by atoms with Crippen molar-refractivity contribution >= 4 is 11.3 Å². The van der Waals surface area contributed by atoms with Crippen molar-refractivity contribution in [3.63, 3.8) is 0 Å². The highest BCUT2D eigenvalue weighted by molar-refractivity contribution is 7.11. The van der Waals surface area contributed by atoms with Gasteiger partial charge in [0.1, 0.15) is 0 Å². The molecule has 7 nitrogen and oxygen atoms in total. The summed E-state index contributed by atoms with van der Waals surface area (Å²) in [6.45, 7) is 9.51. The Balaban J connectivity index is 1.42. The second-order valence-corrected chi connectivity index (χ2v) is 8.28. The second-order valence-electron chi connectivity index (χ2n) is 6.96. The molecule has 136 valence electrons. The molecule has 1 aliphatic heterocycles. The summed E-state index contributed by atoms with van der Waals surface area (Å²) in [6, 6.07) is 5.31. The fourth-order valence-electron chi connectivity index (χ4n) is 3.41. The van der Waals surface area contributed by atoms with E-state index in [1.54, 1.807) is 32.8 Å². The largest absolute Gasteiger partial charge is 0.297 e. The number of aromatic nitrogens is 5. The number of hydrogen-bond donors (Lipinski definition) is 0. The Morgan fingerprint density at radius 3 is 2.65 bits per heavy atom. The highest BCUT2D eigenvalue weighted by Crippen LogP contribution is 2.22. The van der Waals surface area contributed by atoms with Crippen molar-refractivity contribution in [3.8, 4) is 5.82 Å². The first-order valence-corrected chi connectivity index (χ1v) is 9.55. The molecule has 0 amide bonds. The van der Waals surface area contributed by atoms with E-state index >= 15 is 0 Å². The van der Waals surface area contributed by atoms with Crippen LogP contribution in [0.1, 0.15) is 21.3 Å². The summed E-state index contributed by atoms with van der Waals surface area (Å²) >= 11 is 1.75. The smallest absolute Gasteiger partial charge is 0.266 e. The maximum absolute atomic E-state index is 12.2. The number of aryl methyl sites for hydroxylation is 3. The van der Waals surface area contributed by atoms with Gasteiger partial charge in [-0.15, -0.1) is 16.4 Å². The number of thiazole rings is 1. The lowest BCUT2D eigenvalue weighted by Crippen LogP contribution is -2.48. The normalized spacial score (nSPS) is 15.3. The molecule has 0 aliphatic carbocycles. The molecule has 1 aliphatic rings. The molecule has 3 aromatic heterocycles. The van der Waals surface area contributed by atoms with Crippen LogP contribution >= 0.6 is 11.3 Å². The van der Waals surface area contributed by atoms with Crippen LogP contribution in [0.15, 0.2) is 29.2 Å². The Morgan fingerprint density at radius 1 is 1.19 bits per heavy atom. The molecule has 0 saturated carbocycles. The molecule has 0 radical (unpaired) electrons. The van der Waals surface area contributed by atoms with Gasteiger partial charge in [0, 0.05) is 48.4 Å². The molecule has 4 heterocycles. The molecule has 0 N–H and O–H groups in total. The third-order valence-electron chi connectivity index (χ3n) is 4.59. The van der Waals surface area contributed by atoms with Crippen LogP contribution in [0, 0.1) is 26.7 Å². The van der Waals surface area contributed by atoms with Gasteiger partial charge in [-0.05, 0) is 32.9 Å². The molecular formula is C18H22N6OS. The van der Waals surface area contributed by atoms with Gasteiger partial charge in [0.2, 0.25) is 0 Å². The quantitative estimate of drug-likeness (QED) is 0.687. The van der Waals surface area contributed by atoms with Gasteiger partial charge in [-0.2, -0.15) is 5.10 Å². The second kappa shape index (κ2) is 6.77. The van der Waals surface area contributed by atoms with Crippen LogP contribution < -0.4 is 5.56 Å². The predicted molar refractivity (Wildman–Crippen MR) is 101 cm³/mol. The minimum atomic E-state index is -0.0631. The van der Waals surface area contributed by atoms with E-state index in [0.29, 0.717) is 18.3 Å². The van der Waals surface area contributed by atoms with Crippen LogP contribution in [0.3, 0.4) is 0 Å². The van der Waals surface area contributed by atoms with Crippen LogP contribution in [0.4, 0.5) is 0 Å². The summed E-state index contributed by atoms with van der Waals surface area (Å²) in [4.78, 5) is 20.2. The SMILES string of the molecule is Cc1cc(C)n(-c2ccc(=O)n(CC3CN(Cc4cnc(C)s4)C3)n2)n1. The summed E-state index contributed by atoms with van der Waals surface area (Å²) in [5.74, 6) is 1.14. The lowest BCUT2D eigenvalue weighted by molar-refractivity contribution is 0.0776. The number of hydrogen-bond acceptors (Lipinski definition) is 6. The number of rotatable bonds is 5. The zero-order chi connectivity index (χ0) is 18.3. The molecule has 0 spiro atoms. The molecule has 1 fully saturated rings. The molecular weight excluding hydrogens is 348 g/mol. The van der Waals surface area contributed by atoms with E-state index in [1.165, 1.54) is 4.88 Å². The third-order valence-corrected chi connectivity index (χ3v) is 5.49. The lowest BCUT2D eigenvalue weighted by Gasteiger charge is -2.38. The first-order chi connectivity index (χ1) is 12.5. The van der Waals surface area contributed by atoms with Crippen LogP contribution in [0.5, 0.6) is 0 Å². The van der Waals surface area contributed by atoms with Crippen molar-refractivity contribution in [2.45, 2.75) is 33.9 Å². The highest BCUT2D eigenvalue weighted by Gasteiger charge is 2.28. The van der Waals surface area contributed by atoms with E-state index in [9.17, 15) is 4.79 Å². The summed E-state index contributed by atoms with van der Waals surface area (Å²) in [6.07, 6.45) is 1.96. The van der Waals surface area contributed by atoms with Crippen LogP contribution in [0.2, 0.25) is 0 Å². The minimum absolute atomic E-state index is 0.0631. The standard InChI is InChI=1S/C18H22N6OS/c1-12-6-13(2)24(20-12)17-4-5-18(25)23(21-17)10-15-8-22(9-15)11-16-7-19-14(3)26-16/h4-7,15H,8-11H2,1-3H3. The van der Waals surface area contributed by atoms with Gasteiger partial charge in [0.05, 0.1) is 17.2 Å². The summed E-state index contributed by atoms with van der Waals surface area (Å²) < 4.78 is 3.36. The van der Waals surface area contributed by atoms with Crippen molar-refractivity contribution in [2.24, 2.45) is 5.92 Å². The van der Waals surface area contributed by atoms with Gasteiger partial charge in [-0.25, -0.2) is 14.3 Å². The Hall–Kier alpha value is -2.32. The van der Waals surface area contributed by atoms with E-state index in [4.69, 9.17) is 0 Å². The molecule has 0 atom stereocenters. The monoisotopic (exact) mass is 370 g/mol. The summed E-state index contributed by atoms with van der Waals surface area (Å²) in [5.41, 5.74) is 1.89. The molecule has 3 aromatic rings. The van der Waals surface area contributed by atoms with Gasteiger partial charge in [-0.3, -0.25) is 9.69 Å². The van der Waals surface area contributed by atoms with Crippen molar-refractivity contribution in [3.05, 3.63) is 56.0 Å². The maximum Gasteiger partial charge on any atom is 0.266 e. The van der Waals surface area contributed by atoms with Crippen LogP contribution in [-0.4, -0.2) is 42.5 Å². The molecule has 0 bridgehead atoms. The predicted octanol–water partition coefficient (Wildman–Crippen LogP) is 1.94. The maximum atomic E-state index is 12.2. The average Bonchev–Trinajstić information content (AvgIpc) is 3.12. The van der Waals surface area contributed by atoms with Crippen molar-refractivity contribution in [1.29, 1.82) is 0 Å². The van der Waals surface area contributed by atoms with E-state index in [-0.39, 0.29) is 5.56 Å². The van der Waals surface area contributed by atoms with Gasteiger partial charge in [-0.1, -0.05) is 0 Å². The summed E-state index contributed by atoms with van der Waals surface area (Å²) in [7, 11) is 0. The van der Waals surface area contributed by atoms with E-state index < -0.39 is 0 Å². The molecule has 0 aromatic carbocycles. The Labute approximate surface area is 155 Å². The number of nitrogens with zero attached hydrogens (tertiary/aromatic N) is 6. The molecule has 4 rings (SSSR count). The fraction of sp³-hybridized carbons (Fsp3) is 0.444. The van der Waals surface area contributed by atoms with Crippen molar-refractivity contribution < 1.29 is 0 Å². The molecule has 1 saturated heterocycles. The van der Waals surface area contributed by atoms with E-state index in [1.807, 2.05) is 33.0 Å². The molecule has 26 heavy (non-hydrogen) atoms. The van der Waals surface area contributed by atoms with E-state index in [2.05, 4.69) is 20.1 Å². The molecule has 0 unspecified atom stereocenters. The van der Waals surface area contributed by atoms with Gasteiger partial charge < -0.3 is 0 Å². The van der Waals surface area contributed by atoms with Crippen LogP contribution in [0.25, 0.3) is 5.82 Å². The zero-order valence-electron chi connectivity index (χ0n) is 15.2. The minimum Gasteiger partial charge on any atom is -0.297 e. The fourth-order valence-corrected chi connectivity index (χ4v) is 4.24. The van der Waals surface area contributed by atoms with Gasteiger partial charge >= 0.3 is 0 Å². The van der Waals surface area contributed by atoms with Gasteiger partial charge in [0.15, 0.2) is 5.82 Å².